The van der Waals surface area contributed by atoms with E-state index in [-0.39, 0.29) is 23.6 Å². The Balaban J connectivity index is 2.36. The summed E-state index contributed by atoms with van der Waals surface area (Å²) in [4.78, 5) is 25.7. The van der Waals surface area contributed by atoms with Crippen LogP contribution in [0.1, 0.15) is 5.56 Å². The first-order valence-corrected chi connectivity index (χ1v) is 6.33. The third-order valence-corrected chi connectivity index (χ3v) is 2.96. The Hall–Kier alpha value is -3.16. The zero-order chi connectivity index (χ0) is 16.1. The van der Waals surface area contributed by atoms with Crippen molar-refractivity contribution in [2.45, 2.75) is 6.54 Å². The summed E-state index contributed by atoms with van der Waals surface area (Å²) in [6.45, 7) is 0.233. The quantitative estimate of drug-likeness (QED) is 0.659. The van der Waals surface area contributed by atoms with Crippen molar-refractivity contribution in [3.05, 3.63) is 52.2 Å². The number of hydrogen-bond donors (Lipinski definition) is 2. The second-order valence-electron chi connectivity index (χ2n) is 4.40. The topological polar surface area (TPSA) is 120 Å². The third-order valence-electron chi connectivity index (χ3n) is 2.96. The average molecular weight is 302 g/mol. The van der Waals surface area contributed by atoms with E-state index in [9.17, 15) is 14.9 Å². The van der Waals surface area contributed by atoms with E-state index in [0.717, 1.165) is 5.56 Å². The van der Waals surface area contributed by atoms with Gasteiger partial charge in [0.15, 0.2) is 0 Å². The summed E-state index contributed by atoms with van der Waals surface area (Å²) in [6.07, 6.45) is 0.857. The first-order chi connectivity index (χ1) is 10.5. The number of ether oxygens (including phenoxy) is 1. The number of nitrogens with zero attached hydrogens (tertiary/aromatic N) is 2. The van der Waals surface area contributed by atoms with Crippen LogP contribution in [0.3, 0.4) is 0 Å². The summed E-state index contributed by atoms with van der Waals surface area (Å²) in [6, 6.07) is 8.27. The molecule has 1 aromatic heterocycles. The monoisotopic (exact) mass is 302 g/mol. The molecular formula is C14H14N4O4. The Morgan fingerprint density at radius 2 is 2.23 bits per heavy atom. The van der Waals surface area contributed by atoms with Gasteiger partial charge in [-0.3, -0.25) is 10.1 Å². The lowest BCUT2D eigenvalue weighted by molar-refractivity contribution is -0.383. The third kappa shape index (κ3) is 3.29. The average Bonchev–Trinajstić information content (AvgIpc) is 2.52. The molecule has 0 saturated heterocycles. The largest absolute Gasteiger partial charge is 0.453 e. The Kier molecular flexibility index (Phi) is 4.52. The van der Waals surface area contributed by atoms with Gasteiger partial charge in [0.1, 0.15) is 11.4 Å². The number of hydrogen-bond acceptors (Lipinski definition) is 6. The van der Waals surface area contributed by atoms with Crippen LogP contribution in [-0.4, -0.2) is 23.1 Å². The van der Waals surface area contributed by atoms with E-state index in [2.05, 4.69) is 15.0 Å². The molecule has 0 aliphatic heterocycles. The number of rotatable bonds is 4. The normalized spacial score (nSPS) is 10.0. The van der Waals surface area contributed by atoms with Gasteiger partial charge in [0.25, 0.3) is 0 Å². The van der Waals surface area contributed by atoms with Crippen molar-refractivity contribution in [2.24, 2.45) is 0 Å². The lowest BCUT2D eigenvalue weighted by Gasteiger charge is -2.07. The number of carbonyl (C=O) groups is 1. The number of pyridine rings is 1. The number of methoxy groups -OCH3 is 1. The molecule has 0 radical (unpaired) electrons. The van der Waals surface area contributed by atoms with Crippen LogP contribution in [0.15, 0.2) is 36.5 Å². The summed E-state index contributed by atoms with van der Waals surface area (Å²) in [5, 5.41) is 13.7. The predicted molar refractivity (Wildman–Crippen MR) is 80.0 cm³/mol. The van der Waals surface area contributed by atoms with Crippen molar-refractivity contribution in [1.82, 2.24) is 10.3 Å². The number of nitrogens with one attached hydrogen (secondary N) is 1. The van der Waals surface area contributed by atoms with Crippen molar-refractivity contribution in [1.29, 1.82) is 0 Å². The summed E-state index contributed by atoms with van der Waals surface area (Å²) in [7, 11) is 1.27. The molecule has 8 nitrogen and oxygen atoms in total. The highest BCUT2D eigenvalue weighted by atomic mass is 16.6. The van der Waals surface area contributed by atoms with Gasteiger partial charge in [-0.15, -0.1) is 0 Å². The van der Waals surface area contributed by atoms with E-state index in [0.29, 0.717) is 5.56 Å². The highest BCUT2D eigenvalue weighted by molar-refractivity contribution is 5.77. The van der Waals surface area contributed by atoms with Crippen molar-refractivity contribution < 1.29 is 14.5 Å². The van der Waals surface area contributed by atoms with Gasteiger partial charge in [-0.05, 0) is 17.7 Å². The molecule has 8 heteroatoms. The Labute approximate surface area is 126 Å². The van der Waals surface area contributed by atoms with Crippen LogP contribution >= 0.6 is 0 Å². The molecule has 1 amide bonds. The molecule has 1 heterocycles. The standard InChI is InChI=1S/C14H14N4O4/c1-22-14(19)17-8-9-3-2-4-10(7-9)12-13(18(20)21)11(15)5-6-16-12/h2-7H,8H2,1H3,(H2,15,16)(H,17,19). The number of nitrogen functional groups attached to an aromatic ring is 1. The first kappa shape index (κ1) is 15.2. The van der Waals surface area contributed by atoms with Crippen LogP contribution < -0.4 is 11.1 Å². The fraction of sp³-hybridized carbons (Fsp3) is 0.143. The number of amides is 1. The first-order valence-electron chi connectivity index (χ1n) is 6.33. The SMILES string of the molecule is COC(=O)NCc1cccc(-c2nccc(N)c2[N+](=O)[O-])c1. The van der Waals surface area contributed by atoms with E-state index in [1.165, 1.54) is 19.4 Å². The summed E-state index contributed by atoms with van der Waals surface area (Å²) in [5.74, 6) is 0. The second-order valence-corrected chi connectivity index (χ2v) is 4.40. The predicted octanol–water partition coefficient (Wildman–Crippen LogP) is 2.09. The van der Waals surface area contributed by atoms with Crippen molar-refractivity contribution in [3.63, 3.8) is 0 Å². The van der Waals surface area contributed by atoms with E-state index in [1.54, 1.807) is 24.3 Å². The number of anilines is 1. The van der Waals surface area contributed by atoms with Crippen molar-refractivity contribution in [3.8, 4) is 11.3 Å². The Morgan fingerprint density at radius 1 is 1.45 bits per heavy atom. The van der Waals surface area contributed by atoms with E-state index in [4.69, 9.17) is 5.73 Å². The van der Waals surface area contributed by atoms with Gasteiger partial charge in [-0.2, -0.15) is 0 Å². The van der Waals surface area contributed by atoms with Gasteiger partial charge in [-0.25, -0.2) is 9.78 Å². The molecule has 0 aliphatic rings. The molecule has 0 fully saturated rings. The van der Waals surface area contributed by atoms with Crippen LogP contribution in [0, 0.1) is 10.1 Å². The molecule has 2 rings (SSSR count). The van der Waals surface area contributed by atoms with Crippen LogP contribution in [-0.2, 0) is 11.3 Å². The van der Waals surface area contributed by atoms with Crippen LogP contribution in [0.4, 0.5) is 16.2 Å². The number of nitro groups is 1. The summed E-state index contributed by atoms with van der Waals surface area (Å²) < 4.78 is 4.48. The summed E-state index contributed by atoms with van der Waals surface area (Å²) in [5.41, 5.74) is 6.95. The highest BCUT2D eigenvalue weighted by Crippen LogP contribution is 2.32. The van der Waals surface area contributed by atoms with Gasteiger partial charge in [0.2, 0.25) is 0 Å². The molecule has 0 atom stereocenters. The van der Waals surface area contributed by atoms with Gasteiger partial charge in [-0.1, -0.05) is 18.2 Å². The minimum atomic E-state index is -0.558. The molecule has 0 unspecified atom stereocenters. The smallest absolute Gasteiger partial charge is 0.407 e. The molecule has 0 aliphatic carbocycles. The molecule has 0 saturated carbocycles. The minimum Gasteiger partial charge on any atom is -0.453 e. The van der Waals surface area contributed by atoms with Crippen molar-refractivity contribution >= 4 is 17.5 Å². The van der Waals surface area contributed by atoms with Gasteiger partial charge < -0.3 is 15.8 Å². The highest BCUT2D eigenvalue weighted by Gasteiger charge is 2.20. The number of nitrogens with two attached hydrogens (primary N) is 1. The van der Waals surface area contributed by atoms with E-state index in [1.807, 2.05) is 0 Å². The molecule has 3 N–H and O–H groups in total. The molecule has 0 bridgehead atoms. The molecular weight excluding hydrogens is 288 g/mol. The fourth-order valence-corrected chi connectivity index (χ4v) is 1.95. The molecule has 2 aromatic rings. The second kappa shape index (κ2) is 6.53. The van der Waals surface area contributed by atoms with Crippen LogP contribution in [0.5, 0.6) is 0 Å². The zero-order valence-corrected chi connectivity index (χ0v) is 11.8. The van der Waals surface area contributed by atoms with Gasteiger partial charge in [0, 0.05) is 18.3 Å². The number of alkyl carbamates (subject to hydrolysis) is 1. The lowest BCUT2D eigenvalue weighted by Crippen LogP contribution is -2.22. The Morgan fingerprint density at radius 3 is 2.91 bits per heavy atom. The van der Waals surface area contributed by atoms with Crippen molar-refractivity contribution in [2.75, 3.05) is 12.8 Å². The minimum absolute atomic E-state index is 0.0492. The maximum Gasteiger partial charge on any atom is 0.407 e. The van der Waals surface area contributed by atoms with Crippen LogP contribution in [0.25, 0.3) is 11.3 Å². The molecule has 114 valence electrons. The van der Waals surface area contributed by atoms with Crippen LogP contribution in [0.2, 0.25) is 0 Å². The maximum atomic E-state index is 11.2. The van der Waals surface area contributed by atoms with Gasteiger partial charge in [0.05, 0.1) is 12.0 Å². The molecule has 0 spiro atoms. The lowest BCUT2D eigenvalue weighted by atomic mass is 10.1. The van der Waals surface area contributed by atoms with Gasteiger partial charge >= 0.3 is 11.8 Å². The number of benzene rings is 1. The fourth-order valence-electron chi connectivity index (χ4n) is 1.95. The van der Waals surface area contributed by atoms with E-state index < -0.39 is 11.0 Å². The molecule has 1 aromatic carbocycles. The molecule has 22 heavy (non-hydrogen) atoms. The Bertz CT molecular complexity index is 718. The summed E-state index contributed by atoms with van der Waals surface area (Å²) >= 11 is 0. The maximum absolute atomic E-state index is 11.2. The number of aromatic nitrogens is 1. The van der Waals surface area contributed by atoms with E-state index >= 15 is 0 Å². The number of carbonyl (C=O) groups excluding carboxylic acids is 1. The zero-order valence-electron chi connectivity index (χ0n) is 11.8.